The summed E-state index contributed by atoms with van der Waals surface area (Å²) < 4.78 is 16.1. The van der Waals surface area contributed by atoms with Crippen molar-refractivity contribution >= 4 is 12.4 Å². The number of amides is 3. The molecular formula is C15H19N3O5. The largest absolute Gasteiger partial charge is 0.492 e. The second-order valence-electron chi connectivity index (χ2n) is 5.22. The minimum Gasteiger partial charge on any atom is -0.492 e. The third-order valence-corrected chi connectivity index (χ3v) is 3.74. The van der Waals surface area contributed by atoms with Crippen molar-refractivity contribution in [3.8, 4) is 17.2 Å². The molecule has 8 heteroatoms. The number of carbonyl (C=O) groups is 2. The van der Waals surface area contributed by atoms with E-state index in [0.29, 0.717) is 56.6 Å². The van der Waals surface area contributed by atoms with Crippen LogP contribution in [-0.2, 0) is 4.79 Å². The Morgan fingerprint density at radius 1 is 1.22 bits per heavy atom. The normalized spacial score (nSPS) is 16.2. The Hall–Kier alpha value is -2.64. The van der Waals surface area contributed by atoms with Crippen molar-refractivity contribution in [3.63, 3.8) is 0 Å². The van der Waals surface area contributed by atoms with E-state index in [4.69, 9.17) is 14.2 Å². The van der Waals surface area contributed by atoms with E-state index in [1.54, 1.807) is 28.0 Å². The number of hydrogen-bond donors (Lipinski definition) is 1. The lowest BCUT2D eigenvalue weighted by molar-refractivity contribution is -0.119. The Balaban J connectivity index is 1.36. The highest BCUT2D eigenvalue weighted by atomic mass is 16.7. The van der Waals surface area contributed by atoms with E-state index in [0.717, 1.165) is 6.41 Å². The Bertz CT molecular complexity index is 572. The zero-order chi connectivity index (χ0) is 16.1. The third kappa shape index (κ3) is 3.77. The Kier molecular flexibility index (Phi) is 4.70. The molecule has 1 aromatic carbocycles. The van der Waals surface area contributed by atoms with Gasteiger partial charge in [0.2, 0.25) is 13.2 Å². The summed E-state index contributed by atoms with van der Waals surface area (Å²) in [6, 6.07) is 5.23. The quantitative estimate of drug-likeness (QED) is 0.622. The first-order valence-electron chi connectivity index (χ1n) is 7.51. The summed E-state index contributed by atoms with van der Waals surface area (Å²) >= 11 is 0. The number of rotatable bonds is 5. The van der Waals surface area contributed by atoms with Crippen molar-refractivity contribution < 1.29 is 23.8 Å². The van der Waals surface area contributed by atoms with E-state index in [1.807, 2.05) is 0 Å². The molecule has 3 amide bonds. The number of fused-ring (bicyclic) bond motifs is 1. The summed E-state index contributed by atoms with van der Waals surface area (Å²) in [7, 11) is 0. The molecule has 2 heterocycles. The highest BCUT2D eigenvalue weighted by Gasteiger charge is 2.19. The molecule has 0 atom stereocenters. The van der Waals surface area contributed by atoms with Gasteiger partial charge in [-0.05, 0) is 12.1 Å². The molecule has 1 N–H and O–H groups in total. The van der Waals surface area contributed by atoms with Crippen molar-refractivity contribution in [3.05, 3.63) is 18.2 Å². The molecule has 2 aliphatic rings. The van der Waals surface area contributed by atoms with E-state index in [-0.39, 0.29) is 12.8 Å². The molecular weight excluding hydrogens is 302 g/mol. The van der Waals surface area contributed by atoms with Crippen molar-refractivity contribution in [2.45, 2.75) is 0 Å². The van der Waals surface area contributed by atoms with Gasteiger partial charge in [-0.15, -0.1) is 0 Å². The van der Waals surface area contributed by atoms with Crippen LogP contribution in [0, 0.1) is 0 Å². The van der Waals surface area contributed by atoms with Gasteiger partial charge in [0.05, 0.1) is 6.54 Å². The van der Waals surface area contributed by atoms with Gasteiger partial charge in [0.15, 0.2) is 11.5 Å². The lowest BCUT2D eigenvalue weighted by Gasteiger charge is -2.32. The highest BCUT2D eigenvalue weighted by molar-refractivity contribution is 5.74. The van der Waals surface area contributed by atoms with Gasteiger partial charge in [0.1, 0.15) is 12.4 Å². The second-order valence-corrected chi connectivity index (χ2v) is 5.22. The fraction of sp³-hybridized carbons (Fsp3) is 0.467. The second kappa shape index (κ2) is 7.08. The van der Waals surface area contributed by atoms with Gasteiger partial charge >= 0.3 is 6.03 Å². The topological polar surface area (TPSA) is 80.3 Å². The molecule has 2 aliphatic heterocycles. The van der Waals surface area contributed by atoms with Crippen molar-refractivity contribution in [2.24, 2.45) is 0 Å². The molecule has 0 aromatic heterocycles. The van der Waals surface area contributed by atoms with Crippen LogP contribution in [0.3, 0.4) is 0 Å². The van der Waals surface area contributed by atoms with Crippen LogP contribution < -0.4 is 19.5 Å². The van der Waals surface area contributed by atoms with Gasteiger partial charge in [-0.1, -0.05) is 0 Å². The van der Waals surface area contributed by atoms with Crippen molar-refractivity contribution in [1.82, 2.24) is 15.1 Å². The van der Waals surface area contributed by atoms with E-state index < -0.39 is 0 Å². The van der Waals surface area contributed by atoms with Gasteiger partial charge in [-0.2, -0.15) is 0 Å². The monoisotopic (exact) mass is 321 g/mol. The summed E-state index contributed by atoms with van der Waals surface area (Å²) in [5, 5.41) is 2.81. The first kappa shape index (κ1) is 15.3. The number of piperazine rings is 1. The first-order valence-corrected chi connectivity index (χ1v) is 7.51. The number of benzene rings is 1. The lowest BCUT2D eigenvalue weighted by Crippen LogP contribution is -2.51. The number of carbonyl (C=O) groups excluding carboxylic acids is 2. The summed E-state index contributed by atoms with van der Waals surface area (Å²) in [5.41, 5.74) is 0. The molecule has 1 saturated heterocycles. The number of hydrogen-bond acceptors (Lipinski definition) is 5. The molecule has 1 aromatic rings. The van der Waals surface area contributed by atoms with Gasteiger partial charge in [0, 0.05) is 32.2 Å². The lowest BCUT2D eigenvalue weighted by atomic mass is 10.3. The van der Waals surface area contributed by atoms with Gasteiger partial charge in [0.25, 0.3) is 0 Å². The Morgan fingerprint density at radius 2 is 2.00 bits per heavy atom. The number of urea groups is 1. The minimum absolute atomic E-state index is 0.134. The number of nitrogens with one attached hydrogen (secondary N) is 1. The number of ether oxygens (including phenoxy) is 3. The van der Waals surface area contributed by atoms with Gasteiger partial charge in [-0.25, -0.2) is 4.79 Å². The third-order valence-electron chi connectivity index (χ3n) is 3.74. The van der Waals surface area contributed by atoms with Crippen LogP contribution in [0.25, 0.3) is 0 Å². The fourth-order valence-electron chi connectivity index (χ4n) is 2.44. The maximum atomic E-state index is 12.0. The minimum atomic E-state index is -0.134. The molecule has 0 saturated carbocycles. The van der Waals surface area contributed by atoms with Crippen LogP contribution in [0.2, 0.25) is 0 Å². The average molecular weight is 321 g/mol. The molecule has 3 rings (SSSR count). The first-order chi connectivity index (χ1) is 11.3. The summed E-state index contributed by atoms with van der Waals surface area (Å²) in [6.45, 7) is 3.24. The maximum Gasteiger partial charge on any atom is 0.317 e. The SMILES string of the molecule is O=CN1CCN(C(=O)NCCOc2ccc3c(c2)OCO3)CC1. The Morgan fingerprint density at radius 3 is 2.78 bits per heavy atom. The van der Waals surface area contributed by atoms with Crippen LogP contribution in [0.15, 0.2) is 18.2 Å². The summed E-state index contributed by atoms with van der Waals surface area (Å²) in [6.07, 6.45) is 0.814. The summed E-state index contributed by atoms with van der Waals surface area (Å²) in [5.74, 6) is 2.04. The molecule has 0 bridgehead atoms. The molecule has 0 unspecified atom stereocenters. The van der Waals surface area contributed by atoms with Crippen LogP contribution in [-0.4, -0.2) is 68.4 Å². The van der Waals surface area contributed by atoms with Crippen LogP contribution in [0.1, 0.15) is 0 Å². The molecule has 124 valence electrons. The highest BCUT2D eigenvalue weighted by Crippen LogP contribution is 2.34. The van der Waals surface area contributed by atoms with Crippen LogP contribution >= 0.6 is 0 Å². The van der Waals surface area contributed by atoms with Crippen LogP contribution in [0.5, 0.6) is 17.2 Å². The standard InChI is InChI=1S/C15H19N3O5/c19-10-17-4-6-18(7-5-17)15(20)16-3-8-21-12-1-2-13-14(9-12)23-11-22-13/h1-2,9-10H,3-8,11H2,(H,16,20). The van der Waals surface area contributed by atoms with Crippen molar-refractivity contribution in [1.29, 1.82) is 0 Å². The van der Waals surface area contributed by atoms with Crippen molar-refractivity contribution in [2.75, 3.05) is 46.1 Å². The number of nitrogens with zero attached hydrogens (tertiary/aromatic N) is 2. The molecule has 0 radical (unpaired) electrons. The molecule has 8 nitrogen and oxygen atoms in total. The summed E-state index contributed by atoms with van der Waals surface area (Å²) in [4.78, 5) is 26.0. The maximum absolute atomic E-state index is 12.0. The zero-order valence-corrected chi connectivity index (χ0v) is 12.7. The molecule has 23 heavy (non-hydrogen) atoms. The predicted molar refractivity (Wildman–Crippen MR) is 80.7 cm³/mol. The molecule has 1 fully saturated rings. The van der Waals surface area contributed by atoms with E-state index in [2.05, 4.69) is 5.32 Å². The molecule has 0 spiro atoms. The van der Waals surface area contributed by atoms with E-state index >= 15 is 0 Å². The van der Waals surface area contributed by atoms with E-state index in [1.165, 1.54) is 0 Å². The Labute approximate surface area is 133 Å². The van der Waals surface area contributed by atoms with Crippen LogP contribution in [0.4, 0.5) is 4.79 Å². The fourth-order valence-corrected chi connectivity index (χ4v) is 2.44. The van der Waals surface area contributed by atoms with Gasteiger partial charge < -0.3 is 29.3 Å². The zero-order valence-electron chi connectivity index (χ0n) is 12.7. The molecule has 0 aliphatic carbocycles. The average Bonchev–Trinajstić information content (AvgIpc) is 3.06. The van der Waals surface area contributed by atoms with Gasteiger partial charge in [-0.3, -0.25) is 4.79 Å². The van der Waals surface area contributed by atoms with E-state index in [9.17, 15) is 9.59 Å². The predicted octanol–water partition coefficient (Wildman–Crippen LogP) is 0.278. The smallest absolute Gasteiger partial charge is 0.317 e.